The van der Waals surface area contributed by atoms with Crippen LogP contribution in [0.1, 0.15) is 40.2 Å². The van der Waals surface area contributed by atoms with Crippen molar-refractivity contribution in [1.29, 1.82) is 0 Å². The minimum Gasteiger partial charge on any atom is -0.496 e. The zero-order chi connectivity index (χ0) is 21.5. The van der Waals surface area contributed by atoms with Crippen LogP contribution in [0.3, 0.4) is 0 Å². The molecule has 3 aromatic rings. The number of halogens is 3. The van der Waals surface area contributed by atoms with E-state index in [-0.39, 0.29) is 23.6 Å². The molecule has 4 rings (SSSR count). The molecule has 0 aliphatic carbocycles. The number of aromatic nitrogens is 3. The number of nitrogens with zero attached hydrogens (tertiary/aromatic N) is 3. The van der Waals surface area contributed by atoms with E-state index in [0.29, 0.717) is 17.1 Å². The standard InChI is InChI=1S/C19H18F3N5O3/c1-10-7-16(26-30-10)25-18(28)12-9-23-27-15(19(20,21)22)8-13(24-17(12)27)11-5-3-4-6-14(11)29-2/h3-7,9,13,15,24H,8H2,1-2H3,(H,25,26,28)/t13-,15-/m1/s1. The van der Waals surface area contributed by atoms with Gasteiger partial charge in [-0.15, -0.1) is 0 Å². The van der Waals surface area contributed by atoms with Gasteiger partial charge in [-0.05, 0) is 13.0 Å². The Labute approximate surface area is 169 Å². The maximum Gasteiger partial charge on any atom is 0.410 e. The van der Waals surface area contributed by atoms with Crippen molar-refractivity contribution in [3.05, 3.63) is 53.4 Å². The molecule has 1 amide bonds. The maximum absolute atomic E-state index is 13.8. The number of hydrogen-bond donors (Lipinski definition) is 2. The molecule has 0 fully saturated rings. The molecule has 2 atom stereocenters. The number of fused-ring (bicyclic) bond motifs is 1. The highest BCUT2D eigenvalue weighted by atomic mass is 19.4. The van der Waals surface area contributed by atoms with Gasteiger partial charge in [0.2, 0.25) is 0 Å². The van der Waals surface area contributed by atoms with Crippen LogP contribution >= 0.6 is 0 Å². The average molecular weight is 421 g/mol. The highest BCUT2D eigenvalue weighted by molar-refractivity contribution is 6.07. The number of nitrogens with one attached hydrogen (secondary N) is 2. The van der Waals surface area contributed by atoms with Crippen molar-refractivity contribution in [2.75, 3.05) is 17.7 Å². The van der Waals surface area contributed by atoms with Crippen molar-refractivity contribution in [1.82, 2.24) is 14.9 Å². The number of hydrogen-bond acceptors (Lipinski definition) is 6. The van der Waals surface area contributed by atoms with Crippen LogP contribution in [0, 0.1) is 6.92 Å². The predicted octanol–water partition coefficient (Wildman–Crippen LogP) is 4.10. The molecular weight excluding hydrogens is 403 g/mol. The Balaban J connectivity index is 1.72. The smallest absolute Gasteiger partial charge is 0.410 e. The van der Waals surface area contributed by atoms with Crippen LogP contribution in [0.25, 0.3) is 0 Å². The van der Waals surface area contributed by atoms with Crippen LogP contribution in [0.2, 0.25) is 0 Å². The van der Waals surface area contributed by atoms with Crippen LogP contribution in [-0.4, -0.2) is 34.1 Å². The molecule has 0 bridgehead atoms. The van der Waals surface area contributed by atoms with E-state index in [4.69, 9.17) is 9.26 Å². The summed E-state index contributed by atoms with van der Waals surface area (Å²) in [5, 5.41) is 13.0. The maximum atomic E-state index is 13.8. The summed E-state index contributed by atoms with van der Waals surface area (Å²) in [5.41, 5.74) is 0.518. The Kier molecular flexibility index (Phi) is 4.88. The lowest BCUT2D eigenvalue weighted by atomic mass is 9.95. The van der Waals surface area contributed by atoms with Gasteiger partial charge in [0.1, 0.15) is 22.9 Å². The van der Waals surface area contributed by atoms with Gasteiger partial charge < -0.3 is 19.9 Å². The molecule has 30 heavy (non-hydrogen) atoms. The Hall–Kier alpha value is -3.50. The number of carbonyl (C=O) groups excluding carboxylic acids is 1. The molecule has 8 nitrogen and oxygen atoms in total. The SMILES string of the molecule is COc1ccccc1[C@H]1C[C@H](C(F)(F)F)n2ncc(C(=O)Nc3cc(C)on3)c2N1. The van der Waals surface area contributed by atoms with Gasteiger partial charge in [0.05, 0.1) is 19.3 Å². The molecule has 0 saturated carbocycles. The lowest BCUT2D eigenvalue weighted by Gasteiger charge is -2.34. The van der Waals surface area contributed by atoms with Gasteiger partial charge in [-0.3, -0.25) is 4.79 Å². The molecule has 3 heterocycles. The van der Waals surface area contributed by atoms with Gasteiger partial charge in [0, 0.05) is 18.1 Å². The monoisotopic (exact) mass is 421 g/mol. The third-order valence-electron chi connectivity index (χ3n) is 4.87. The number of aryl methyl sites for hydroxylation is 1. The van der Waals surface area contributed by atoms with Crippen molar-refractivity contribution >= 4 is 17.5 Å². The fourth-order valence-corrected chi connectivity index (χ4v) is 3.50. The molecule has 1 aromatic carbocycles. The van der Waals surface area contributed by atoms with Crippen molar-refractivity contribution in [2.24, 2.45) is 0 Å². The van der Waals surface area contributed by atoms with E-state index in [1.807, 2.05) is 0 Å². The average Bonchev–Trinajstić information content (AvgIpc) is 3.32. The van der Waals surface area contributed by atoms with E-state index < -0.39 is 24.2 Å². The van der Waals surface area contributed by atoms with Crippen molar-refractivity contribution in [3.63, 3.8) is 0 Å². The second-order valence-electron chi connectivity index (χ2n) is 6.86. The first-order chi connectivity index (χ1) is 14.3. The zero-order valence-electron chi connectivity index (χ0n) is 16.0. The Bertz CT molecular complexity index is 1080. The molecular formula is C19H18F3N5O3. The minimum absolute atomic E-state index is 0.0304. The number of benzene rings is 1. The first-order valence-corrected chi connectivity index (χ1v) is 9.06. The van der Waals surface area contributed by atoms with Gasteiger partial charge in [-0.1, -0.05) is 23.4 Å². The molecule has 0 spiro atoms. The molecule has 11 heteroatoms. The lowest BCUT2D eigenvalue weighted by Crippen LogP contribution is -2.36. The molecule has 0 saturated heterocycles. The number of para-hydroxylation sites is 1. The van der Waals surface area contributed by atoms with Crippen LogP contribution in [0.5, 0.6) is 5.75 Å². The Morgan fingerprint density at radius 2 is 2.13 bits per heavy atom. The number of amides is 1. The molecule has 0 unspecified atom stereocenters. The number of methoxy groups -OCH3 is 1. The number of ether oxygens (including phenoxy) is 1. The van der Waals surface area contributed by atoms with E-state index in [1.54, 1.807) is 31.2 Å². The van der Waals surface area contributed by atoms with Gasteiger partial charge in [-0.25, -0.2) is 4.68 Å². The van der Waals surface area contributed by atoms with Crippen LogP contribution in [0.4, 0.5) is 24.8 Å². The third kappa shape index (κ3) is 3.58. The van der Waals surface area contributed by atoms with E-state index in [9.17, 15) is 18.0 Å². The van der Waals surface area contributed by atoms with Gasteiger partial charge in [0.25, 0.3) is 5.91 Å². The molecule has 2 aromatic heterocycles. The summed E-state index contributed by atoms with van der Waals surface area (Å²) in [4.78, 5) is 12.7. The largest absolute Gasteiger partial charge is 0.496 e. The molecule has 0 radical (unpaired) electrons. The van der Waals surface area contributed by atoms with Crippen molar-refractivity contribution in [2.45, 2.75) is 31.6 Å². The number of alkyl halides is 3. The third-order valence-corrected chi connectivity index (χ3v) is 4.87. The second-order valence-corrected chi connectivity index (χ2v) is 6.86. The van der Waals surface area contributed by atoms with Crippen molar-refractivity contribution in [3.8, 4) is 5.75 Å². The number of rotatable bonds is 4. The minimum atomic E-state index is -4.56. The first-order valence-electron chi connectivity index (χ1n) is 9.06. The lowest BCUT2D eigenvalue weighted by molar-refractivity contribution is -0.173. The second kappa shape index (κ2) is 7.39. The number of anilines is 2. The fraction of sp³-hybridized carbons (Fsp3) is 0.316. The molecule has 1 aliphatic heterocycles. The van der Waals surface area contributed by atoms with Gasteiger partial charge in [-0.2, -0.15) is 18.3 Å². The normalized spacial score (nSPS) is 18.4. The Morgan fingerprint density at radius 1 is 1.37 bits per heavy atom. The summed E-state index contributed by atoms with van der Waals surface area (Å²) in [5.74, 6) is 0.402. The highest BCUT2D eigenvalue weighted by Crippen LogP contribution is 2.45. The molecule has 1 aliphatic rings. The summed E-state index contributed by atoms with van der Waals surface area (Å²) in [7, 11) is 1.45. The van der Waals surface area contributed by atoms with Crippen LogP contribution < -0.4 is 15.4 Å². The van der Waals surface area contributed by atoms with Crippen LogP contribution in [-0.2, 0) is 0 Å². The summed E-state index contributed by atoms with van der Waals surface area (Å²) in [6.07, 6.45) is -3.75. The van der Waals surface area contributed by atoms with Crippen LogP contribution in [0.15, 0.2) is 41.1 Å². The summed E-state index contributed by atoms with van der Waals surface area (Å²) >= 11 is 0. The summed E-state index contributed by atoms with van der Waals surface area (Å²) in [6, 6.07) is 5.67. The summed E-state index contributed by atoms with van der Waals surface area (Å²) < 4.78 is 52.4. The van der Waals surface area contributed by atoms with E-state index in [0.717, 1.165) is 10.9 Å². The topological polar surface area (TPSA) is 94.2 Å². The molecule has 2 N–H and O–H groups in total. The van der Waals surface area contributed by atoms with E-state index in [1.165, 1.54) is 13.2 Å². The molecule has 158 valence electrons. The van der Waals surface area contributed by atoms with Gasteiger partial charge in [0.15, 0.2) is 11.9 Å². The summed E-state index contributed by atoms with van der Waals surface area (Å²) in [6.45, 7) is 1.65. The fourth-order valence-electron chi connectivity index (χ4n) is 3.50. The highest BCUT2D eigenvalue weighted by Gasteiger charge is 2.47. The quantitative estimate of drug-likeness (QED) is 0.659. The van der Waals surface area contributed by atoms with E-state index >= 15 is 0 Å². The zero-order valence-corrected chi connectivity index (χ0v) is 16.0. The van der Waals surface area contributed by atoms with Gasteiger partial charge >= 0.3 is 6.18 Å². The Morgan fingerprint density at radius 3 is 2.80 bits per heavy atom. The predicted molar refractivity (Wildman–Crippen MR) is 100 cm³/mol. The number of carbonyl (C=O) groups is 1. The first kappa shape index (κ1) is 19.8. The van der Waals surface area contributed by atoms with Crippen molar-refractivity contribution < 1.29 is 27.2 Å². The van der Waals surface area contributed by atoms with E-state index in [2.05, 4.69) is 20.9 Å².